The highest BCUT2D eigenvalue weighted by molar-refractivity contribution is 5.81. The second-order valence-electron chi connectivity index (χ2n) is 6.79. The van der Waals surface area contributed by atoms with Gasteiger partial charge in [-0.3, -0.25) is 4.79 Å². The van der Waals surface area contributed by atoms with Crippen LogP contribution in [0.2, 0.25) is 0 Å². The van der Waals surface area contributed by atoms with Crippen molar-refractivity contribution >= 4 is 16.9 Å². The summed E-state index contributed by atoms with van der Waals surface area (Å²) in [7, 11) is 0. The molecule has 0 aliphatic rings. The van der Waals surface area contributed by atoms with Gasteiger partial charge in [-0.05, 0) is 42.0 Å². The molecule has 0 spiro atoms. The first kappa shape index (κ1) is 19.2. The Morgan fingerprint density at radius 2 is 1.83 bits per heavy atom. The molecule has 6 nitrogen and oxygen atoms in total. The maximum absolute atomic E-state index is 12.6. The number of amides is 1. The van der Waals surface area contributed by atoms with Gasteiger partial charge in [-0.2, -0.15) is 5.26 Å². The van der Waals surface area contributed by atoms with Crippen molar-refractivity contribution < 1.29 is 9.53 Å². The minimum atomic E-state index is -0.138. The fraction of sp³-hybridized carbons (Fsp3) is 0.125. The van der Waals surface area contributed by atoms with E-state index in [9.17, 15) is 4.79 Å². The van der Waals surface area contributed by atoms with Gasteiger partial charge < -0.3 is 14.6 Å². The van der Waals surface area contributed by atoms with Crippen LogP contribution in [0.15, 0.2) is 78.9 Å². The first-order chi connectivity index (χ1) is 14.7. The molecule has 0 atom stereocenters. The summed E-state index contributed by atoms with van der Waals surface area (Å²) < 4.78 is 7.73. The Hall–Kier alpha value is -4.11. The first-order valence-electron chi connectivity index (χ1n) is 9.60. The molecule has 4 rings (SSSR count). The van der Waals surface area contributed by atoms with Crippen molar-refractivity contribution in [2.45, 2.75) is 19.7 Å². The average molecular weight is 396 g/mol. The molecule has 0 aliphatic heterocycles. The number of carbonyl (C=O) groups is 1. The Bertz CT molecular complexity index is 1210. The lowest BCUT2D eigenvalue weighted by Gasteiger charge is -2.11. The SMILES string of the molecule is N#Cc1cccc(CNC(=O)Cn2c(COc3ccccc3)nc3ccccc32)c1. The smallest absolute Gasteiger partial charge is 0.240 e. The number of carbonyl (C=O) groups excluding carboxylic acids is 1. The quantitative estimate of drug-likeness (QED) is 0.515. The number of nitrogens with zero attached hydrogens (tertiary/aromatic N) is 3. The topological polar surface area (TPSA) is 79.9 Å². The highest BCUT2D eigenvalue weighted by atomic mass is 16.5. The molecule has 0 bridgehead atoms. The van der Waals surface area contributed by atoms with Crippen molar-refractivity contribution in [3.05, 3.63) is 95.8 Å². The van der Waals surface area contributed by atoms with Crippen LogP contribution in [0.1, 0.15) is 17.0 Å². The molecule has 30 heavy (non-hydrogen) atoms. The van der Waals surface area contributed by atoms with Crippen molar-refractivity contribution in [2.75, 3.05) is 0 Å². The van der Waals surface area contributed by atoms with E-state index >= 15 is 0 Å². The molecule has 0 saturated carbocycles. The second-order valence-corrected chi connectivity index (χ2v) is 6.79. The van der Waals surface area contributed by atoms with Gasteiger partial charge in [0.15, 0.2) is 0 Å². The molecule has 1 amide bonds. The van der Waals surface area contributed by atoms with Crippen LogP contribution in [0.4, 0.5) is 0 Å². The van der Waals surface area contributed by atoms with Crippen LogP contribution in [-0.2, 0) is 24.5 Å². The van der Waals surface area contributed by atoms with E-state index in [1.165, 1.54) is 0 Å². The summed E-state index contributed by atoms with van der Waals surface area (Å²) in [4.78, 5) is 17.3. The lowest BCUT2D eigenvalue weighted by molar-refractivity contribution is -0.121. The molecule has 6 heteroatoms. The van der Waals surface area contributed by atoms with E-state index in [0.717, 1.165) is 22.3 Å². The molecule has 4 aromatic rings. The molecule has 1 aromatic heterocycles. The maximum atomic E-state index is 12.6. The van der Waals surface area contributed by atoms with Gasteiger partial charge in [0, 0.05) is 6.54 Å². The molecular formula is C24H20N4O2. The Balaban J connectivity index is 1.49. The van der Waals surface area contributed by atoms with Crippen molar-refractivity contribution in [3.8, 4) is 11.8 Å². The lowest BCUT2D eigenvalue weighted by Crippen LogP contribution is -2.28. The molecule has 0 radical (unpaired) electrons. The van der Waals surface area contributed by atoms with Crippen molar-refractivity contribution in [3.63, 3.8) is 0 Å². The monoisotopic (exact) mass is 396 g/mol. The van der Waals surface area contributed by atoms with Crippen molar-refractivity contribution in [1.82, 2.24) is 14.9 Å². The number of hydrogen-bond acceptors (Lipinski definition) is 4. The highest BCUT2D eigenvalue weighted by Crippen LogP contribution is 2.18. The number of benzene rings is 3. The number of aromatic nitrogens is 2. The summed E-state index contributed by atoms with van der Waals surface area (Å²) >= 11 is 0. The molecule has 1 N–H and O–H groups in total. The predicted octanol–water partition coefficient (Wildman–Crippen LogP) is 3.80. The number of nitrogens with one attached hydrogen (secondary N) is 1. The Kier molecular flexibility index (Phi) is 5.72. The number of nitriles is 1. The summed E-state index contributed by atoms with van der Waals surface area (Å²) in [5, 5.41) is 11.9. The zero-order chi connectivity index (χ0) is 20.8. The minimum Gasteiger partial charge on any atom is -0.486 e. The highest BCUT2D eigenvalue weighted by Gasteiger charge is 2.14. The van der Waals surface area contributed by atoms with E-state index in [1.807, 2.05) is 71.3 Å². The molecule has 0 unspecified atom stereocenters. The number of hydrogen-bond donors (Lipinski definition) is 1. The fourth-order valence-corrected chi connectivity index (χ4v) is 3.23. The van der Waals surface area contributed by atoms with E-state index in [0.29, 0.717) is 17.9 Å². The van der Waals surface area contributed by atoms with Gasteiger partial charge in [-0.1, -0.05) is 42.5 Å². The third-order valence-corrected chi connectivity index (χ3v) is 4.69. The van der Waals surface area contributed by atoms with E-state index in [4.69, 9.17) is 10.00 Å². The summed E-state index contributed by atoms with van der Waals surface area (Å²) in [6, 6.07) is 26.5. The fourth-order valence-electron chi connectivity index (χ4n) is 3.23. The van der Waals surface area contributed by atoms with Crippen LogP contribution in [-0.4, -0.2) is 15.5 Å². The zero-order valence-corrected chi connectivity index (χ0v) is 16.3. The number of rotatable bonds is 7. The van der Waals surface area contributed by atoms with E-state index in [2.05, 4.69) is 16.4 Å². The van der Waals surface area contributed by atoms with Crippen LogP contribution < -0.4 is 10.1 Å². The molecule has 0 aliphatic carbocycles. The standard InChI is InChI=1S/C24H20N4O2/c25-14-18-7-6-8-19(13-18)15-26-24(29)16-28-22-12-5-4-11-21(22)27-23(28)17-30-20-9-2-1-3-10-20/h1-13H,15-17H2,(H,26,29). The van der Waals surface area contributed by atoms with Gasteiger partial charge in [0.25, 0.3) is 0 Å². The van der Waals surface area contributed by atoms with Gasteiger partial charge in [-0.15, -0.1) is 0 Å². The maximum Gasteiger partial charge on any atom is 0.240 e. The van der Waals surface area contributed by atoms with Crippen LogP contribution in [0.25, 0.3) is 11.0 Å². The van der Waals surface area contributed by atoms with Crippen LogP contribution in [0.5, 0.6) is 5.75 Å². The van der Waals surface area contributed by atoms with Crippen LogP contribution in [0.3, 0.4) is 0 Å². The van der Waals surface area contributed by atoms with Gasteiger partial charge in [0.05, 0.1) is 22.7 Å². The third-order valence-electron chi connectivity index (χ3n) is 4.69. The van der Waals surface area contributed by atoms with Gasteiger partial charge >= 0.3 is 0 Å². The molecule has 1 heterocycles. The van der Waals surface area contributed by atoms with Gasteiger partial charge in [-0.25, -0.2) is 4.98 Å². The molecule has 0 fully saturated rings. The largest absolute Gasteiger partial charge is 0.486 e. The van der Waals surface area contributed by atoms with E-state index in [-0.39, 0.29) is 19.1 Å². The summed E-state index contributed by atoms with van der Waals surface area (Å²) in [6.45, 7) is 0.749. The average Bonchev–Trinajstić information content (AvgIpc) is 3.14. The predicted molar refractivity (Wildman–Crippen MR) is 114 cm³/mol. The van der Waals surface area contributed by atoms with Gasteiger partial charge in [0.1, 0.15) is 24.7 Å². The molecular weight excluding hydrogens is 376 g/mol. The Morgan fingerprint density at radius 1 is 1.03 bits per heavy atom. The summed E-state index contributed by atoms with van der Waals surface area (Å²) in [5.74, 6) is 1.29. The summed E-state index contributed by atoms with van der Waals surface area (Å²) in [5.41, 5.74) is 3.15. The zero-order valence-electron chi connectivity index (χ0n) is 16.3. The van der Waals surface area contributed by atoms with Crippen LogP contribution in [0, 0.1) is 11.3 Å². The third kappa shape index (κ3) is 4.47. The minimum absolute atomic E-state index is 0.131. The normalized spacial score (nSPS) is 10.5. The second kappa shape index (κ2) is 8.93. The Labute approximate surface area is 174 Å². The Morgan fingerprint density at radius 3 is 2.67 bits per heavy atom. The molecule has 3 aromatic carbocycles. The van der Waals surface area contributed by atoms with E-state index in [1.54, 1.807) is 12.1 Å². The number of para-hydroxylation sites is 3. The first-order valence-corrected chi connectivity index (χ1v) is 9.60. The van der Waals surface area contributed by atoms with Crippen molar-refractivity contribution in [2.24, 2.45) is 0 Å². The number of fused-ring (bicyclic) bond motifs is 1. The van der Waals surface area contributed by atoms with E-state index < -0.39 is 0 Å². The number of ether oxygens (including phenoxy) is 1. The lowest BCUT2D eigenvalue weighted by atomic mass is 10.1. The van der Waals surface area contributed by atoms with Crippen molar-refractivity contribution in [1.29, 1.82) is 5.26 Å². The summed E-state index contributed by atoms with van der Waals surface area (Å²) in [6.07, 6.45) is 0. The molecule has 148 valence electrons. The van der Waals surface area contributed by atoms with Gasteiger partial charge in [0.2, 0.25) is 5.91 Å². The number of imidazole rings is 1. The molecule has 0 saturated heterocycles. The van der Waals surface area contributed by atoms with Crippen LogP contribution >= 0.6 is 0 Å².